The first kappa shape index (κ1) is 10.7. The Hall–Kier alpha value is -0.340. The first-order chi connectivity index (χ1) is 5.93. The summed E-state index contributed by atoms with van der Waals surface area (Å²) >= 11 is 0. The molecule has 0 spiro atoms. The molecule has 0 aromatic heterocycles. The molecule has 0 amide bonds. The van der Waals surface area contributed by atoms with Gasteiger partial charge in [-0.05, 0) is 33.6 Å². The molecular weight excluding hydrogens is 164 g/mol. The number of hydrogen-bond donors (Lipinski definition) is 0. The molecule has 76 valence electrons. The predicted molar refractivity (Wildman–Crippen MR) is 53.8 cm³/mol. The molecule has 1 heterocycles. The second-order valence-electron chi connectivity index (χ2n) is 4.47. The van der Waals surface area contributed by atoms with Gasteiger partial charge < -0.3 is 9.47 Å². The Morgan fingerprint density at radius 3 is 2.62 bits per heavy atom. The maximum absolute atomic E-state index is 5.91. The van der Waals surface area contributed by atoms with Gasteiger partial charge in [-0.25, -0.2) is 0 Å². The van der Waals surface area contributed by atoms with Gasteiger partial charge >= 0.3 is 0 Å². The van der Waals surface area contributed by atoms with Crippen LogP contribution in [-0.2, 0) is 9.47 Å². The smallest absolute Gasteiger partial charge is 0.0883 e. The van der Waals surface area contributed by atoms with Crippen molar-refractivity contribution in [2.45, 2.75) is 50.9 Å². The van der Waals surface area contributed by atoms with E-state index in [-0.39, 0.29) is 17.3 Å². The Balaban J connectivity index is 2.64. The monoisotopic (exact) mass is 184 g/mol. The van der Waals surface area contributed by atoms with Gasteiger partial charge in [-0.15, -0.1) is 6.58 Å². The first-order valence-electron chi connectivity index (χ1n) is 4.80. The van der Waals surface area contributed by atoms with Crippen molar-refractivity contribution >= 4 is 0 Å². The molecule has 1 aliphatic rings. The Labute approximate surface area is 80.9 Å². The molecule has 1 aliphatic heterocycles. The second kappa shape index (κ2) is 3.43. The van der Waals surface area contributed by atoms with E-state index in [9.17, 15) is 0 Å². The zero-order valence-electron chi connectivity index (χ0n) is 9.09. The van der Waals surface area contributed by atoms with E-state index in [0.717, 1.165) is 12.8 Å². The first-order valence-corrected chi connectivity index (χ1v) is 4.80. The Morgan fingerprint density at radius 1 is 1.62 bits per heavy atom. The average Bonchev–Trinajstić information content (AvgIpc) is 2.50. The molecule has 0 saturated carbocycles. The summed E-state index contributed by atoms with van der Waals surface area (Å²) in [5.74, 6) is 0. The van der Waals surface area contributed by atoms with Crippen LogP contribution in [0.25, 0.3) is 0 Å². The predicted octanol–water partition coefficient (Wildman–Crippen LogP) is 2.54. The van der Waals surface area contributed by atoms with Crippen LogP contribution >= 0.6 is 0 Å². The van der Waals surface area contributed by atoms with Crippen LogP contribution in [0.3, 0.4) is 0 Å². The van der Waals surface area contributed by atoms with E-state index in [1.165, 1.54) is 0 Å². The SMILES string of the molecule is C=CC1(C)CCC(C(C)(C)OC)O1. The molecule has 0 bridgehead atoms. The van der Waals surface area contributed by atoms with Crippen LogP contribution in [-0.4, -0.2) is 24.4 Å². The molecule has 2 atom stereocenters. The van der Waals surface area contributed by atoms with Crippen molar-refractivity contribution in [3.63, 3.8) is 0 Å². The molecule has 0 aromatic carbocycles. The summed E-state index contributed by atoms with van der Waals surface area (Å²) in [5.41, 5.74) is -0.346. The van der Waals surface area contributed by atoms with Crippen LogP contribution < -0.4 is 0 Å². The summed E-state index contributed by atoms with van der Waals surface area (Å²) in [4.78, 5) is 0. The highest BCUT2D eigenvalue weighted by Gasteiger charge is 2.41. The fourth-order valence-electron chi connectivity index (χ4n) is 1.63. The zero-order valence-corrected chi connectivity index (χ0v) is 9.09. The number of methoxy groups -OCH3 is 1. The van der Waals surface area contributed by atoms with Crippen molar-refractivity contribution in [2.24, 2.45) is 0 Å². The molecule has 0 aliphatic carbocycles. The van der Waals surface area contributed by atoms with E-state index in [4.69, 9.17) is 9.47 Å². The van der Waals surface area contributed by atoms with Gasteiger partial charge in [0.05, 0.1) is 17.3 Å². The second-order valence-corrected chi connectivity index (χ2v) is 4.47. The van der Waals surface area contributed by atoms with Gasteiger partial charge in [0.1, 0.15) is 0 Å². The fourth-order valence-corrected chi connectivity index (χ4v) is 1.63. The van der Waals surface area contributed by atoms with E-state index in [1.807, 2.05) is 6.08 Å². The molecule has 0 N–H and O–H groups in total. The number of rotatable bonds is 3. The molecule has 0 aromatic rings. The number of hydrogen-bond acceptors (Lipinski definition) is 2. The van der Waals surface area contributed by atoms with Gasteiger partial charge in [0, 0.05) is 7.11 Å². The van der Waals surface area contributed by atoms with E-state index < -0.39 is 0 Å². The minimum atomic E-state index is -0.194. The summed E-state index contributed by atoms with van der Waals surface area (Å²) in [7, 11) is 1.73. The third-order valence-electron chi connectivity index (χ3n) is 3.05. The van der Waals surface area contributed by atoms with E-state index in [0.29, 0.717) is 0 Å². The van der Waals surface area contributed by atoms with Crippen LogP contribution in [0.4, 0.5) is 0 Å². The molecule has 2 heteroatoms. The van der Waals surface area contributed by atoms with Gasteiger partial charge in [0.2, 0.25) is 0 Å². The van der Waals surface area contributed by atoms with E-state index in [1.54, 1.807) is 7.11 Å². The van der Waals surface area contributed by atoms with E-state index in [2.05, 4.69) is 27.4 Å². The number of ether oxygens (including phenoxy) is 2. The van der Waals surface area contributed by atoms with Crippen molar-refractivity contribution in [2.75, 3.05) is 7.11 Å². The quantitative estimate of drug-likeness (QED) is 0.627. The van der Waals surface area contributed by atoms with Crippen molar-refractivity contribution in [1.82, 2.24) is 0 Å². The molecule has 2 nitrogen and oxygen atoms in total. The molecule has 13 heavy (non-hydrogen) atoms. The molecule has 0 radical (unpaired) electrons. The standard InChI is InChI=1S/C11H20O2/c1-6-11(4)8-7-9(13-11)10(2,3)12-5/h6,9H,1,7-8H2,2-5H3. The van der Waals surface area contributed by atoms with Gasteiger partial charge in [-0.2, -0.15) is 0 Å². The Bertz CT molecular complexity index is 198. The summed E-state index contributed by atoms with van der Waals surface area (Å²) in [5, 5.41) is 0. The maximum atomic E-state index is 5.91. The highest BCUT2D eigenvalue weighted by molar-refractivity contribution is 5.01. The lowest BCUT2D eigenvalue weighted by molar-refractivity contribution is -0.118. The lowest BCUT2D eigenvalue weighted by atomic mass is 9.97. The van der Waals surface area contributed by atoms with Crippen LogP contribution in [0, 0.1) is 0 Å². The summed E-state index contributed by atoms with van der Waals surface area (Å²) in [6.45, 7) is 9.99. The third-order valence-corrected chi connectivity index (χ3v) is 3.05. The molecular formula is C11H20O2. The van der Waals surface area contributed by atoms with Crippen molar-refractivity contribution in [1.29, 1.82) is 0 Å². The molecule has 1 fully saturated rings. The summed E-state index contributed by atoms with van der Waals surface area (Å²) < 4.78 is 11.3. The van der Waals surface area contributed by atoms with Gasteiger partial charge in [-0.1, -0.05) is 6.08 Å². The largest absolute Gasteiger partial charge is 0.376 e. The normalized spacial score (nSPS) is 34.9. The summed E-state index contributed by atoms with van der Waals surface area (Å²) in [6.07, 6.45) is 4.15. The molecule has 1 saturated heterocycles. The molecule has 1 rings (SSSR count). The van der Waals surface area contributed by atoms with Crippen molar-refractivity contribution < 1.29 is 9.47 Å². The van der Waals surface area contributed by atoms with Crippen LogP contribution in [0.15, 0.2) is 12.7 Å². The van der Waals surface area contributed by atoms with Crippen LogP contribution in [0.2, 0.25) is 0 Å². The Kier molecular flexibility index (Phi) is 2.83. The van der Waals surface area contributed by atoms with Gasteiger partial charge in [0.25, 0.3) is 0 Å². The highest BCUT2D eigenvalue weighted by atomic mass is 16.6. The van der Waals surface area contributed by atoms with Gasteiger partial charge in [0.15, 0.2) is 0 Å². The van der Waals surface area contributed by atoms with Crippen molar-refractivity contribution in [3.8, 4) is 0 Å². The van der Waals surface area contributed by atoms with Gasteiger partial charge in [-0.3, -0.25) is 0 Å². The summed E-state index contributed by atoms with van der Waals surface area (Å²) in [6, 6.07) is 0. The topological polar surface area (TPSA) is 18.5 Å². The Morgan fingerprint density at radius 2 is 2.23 bits per heavy atom. The minimum Gasteiger partial charge on any atom is -0.376 e. The zero-order chi connectivity index (χ0) is 10.1. The van der Waals surface area contributed by atoms with Crippen molar-refractivity contribution in [3.05, 3.63) is 12.7 Å². The average molecular weight is 184 g/mol. The highest BCUT2D eigenvalue weighted by Crippen LogP contribution is 2.36. The van der Waals surface area contributed by atoms with Crippen LogP contribution in [0.5, 0.6) is 0 Å². The maximum Gasteiger partial charge on any atom is 0.0883 e. The minimum absolute atomic E-state index is 0.152. The van der Waals surface area contributed by atoms with E-state index >= 15 is 0 Å². The lowest BCUT2D eigenvalue weighted by Crippen LogP contribution is -2.39. The fraction of sp³-hybridized carbons (Fsp3) is 0.818. The molecule has 2 unspecified atom stereocenters. The third kappa shape index (κ3) is 2.12. The van der Waals surface area contributed by atoms with Crippen LogP contribution in [0.1, 0.15) is 33.6 Å². The lowest BCUT2D eigenvalue weighted by Gasteiger charge is -2.31.